The topological polar surface area (TPSA) is 38.8 Å². The Balaban J connectivity index is 2.43. The van der Waals surface area contributed by atoms with E-state index in [1.807, 2.05) is 0 Å². The number of rotatable bonds is 5. The first-order valence-corrected chi connectivity index (χ1v) is 8.47. The van der Waals surface area contributed by atoms with E-state index in [0.717, 1.165) is 20.2 Å². The van der Waals surface area contributed by atoms with E-state index >= 15 is 0 Å². The minimum atomic E-state index is -4.89. The lowest BCUT2D eigenvalue weighted by Crippen LogP contribution is -2.47. The zero-order chi connectivity index (χ0) is 39.9. The van der Waals surface area contributed by atoms with Crippen LogP contribution < -0.4 is 10.2 Å². The Morgan fingerprint density at radius 2 is 1.96 bits per heavy atom. The van der Waals surface area contributed by atoms with Gasteiger partial charge in [0.2, 0.25) is 0 Å². The molecule has 156 valence electrons. The number of piperazine rings is 1. The fourth-order valence-corrected chi connectivity index (χ4v) is 2.22. The van der Waals surface area contributed by atoms with Gasteiger partial charge in [-0.15, -0.1) is 0 Å². The molecule has 1 saturated carbocycles. The van der Waals surface area contributed by atoms with E-state index in [1.165, 1.54) is 24.4 Å². The second-order valence-electron chi connectivity index (χ2n) is 5.84. The number of anilines is 1. The van der Waals surface area contributed by atoms with Crippen LogP contribution in [0.25, 0.3) is 0 Å². The number of urea groups is 1. The zero-order valence-corrected chi connectivity index (χ0v) is 16.1. The average molecular weight is 429 g/mol. The number of benzene rings is 1. The zero-order valence-electron chi connectivity index (χ0n) is 37.4. The lowest BCUT2D eigenvalue weighted by Gasteiger charge is -2.37. The first-order valence-electron chi connectivity index (χ1n) is 19.1. The molecule has 0 bridgehead atoms. The first-order chi connectivity index (χ1) is 21.7. The molecule has 2 fully saturated rings. The van der Waals surface area contributed by atoms with E-state index in [-0.39, 0.29) is 15.5 Å². The average Bonchev–Trinajstić information content (AvgIpc) is 2.91. The van der Waals surface area contributed by atoms with Gasteiger partial charge in [-0.05, 0) is 62.8 Å². The molecule has 1 aliphatic carbocycles. The number of carbonyl (C=O) groups excluding carboxylic acids is 1. The van der Waals surface area contributed by atoms with Crippen LogP contribution >= 0.6 is 11.6 Å². The SMILES string of the molecule is [2H]C1([2H])N(c2cccc(C)c2Cl)C([2H])([2H])C([2H])([2H])N(C([2H])([2H])C([2H])([2H])[C@]2([2H])C([2H])([2H])C([2H])([2H])[C@@]([2H])(NC(=O)N(C)C)C([2H])([2H])C2([2H])[2H])C1([2H])[2H]. The largest absolute Gasteiger partial charge is 0.368 e. The summed E-state index contributed by atoms with van der Waals surface area (Å²) >= 11 is 6.28. The summed E-state index contributed by atoms with van der Waals surface area (Å²) in [5.41, 5.74) is -0.429. The van der Waals surface area contributed by atoms with Crippen LogP contribution in [0.3, 0.4) is 0 Å². The maximum absolute atomic E-state index is 12.5. The van der Waals surface area contributed by atoms with Crippen molar-refractivity contribution in [3.8, 4) is 0 Å². The monoisotopic (exact) mass is 428 g/mol. The van der Waals surface area contributed by atoms with Crippen LogP contribution in [0.4, 0.5) is 10.5 Å². The van der Waals surface area contributed by atoms with E-state index < -0.39 is 92.9 Å². The molecule has 2 amide bonds. The Labute approximate surface area is 205 Å². The molecule has 0 atom stereocenters. The second-order valence-corrected chi connectivity index (χ2v) is 6.22. The Bertz CT molecular complexity index is 1490. The Morgan fingerprint density at radius 1 is 1.29 bits per heavy atom. The van der Waals surface area contributed by atoms with Crippen molar-refractivity contribution in [1.82, 2.24) is 15.1 Å². The second kappa shape index (κ2) is 9.84. The van der Waals surface area contributed by atoms with E-state index in [9.17, 15) is 4.79 Å². The molecule has 1 aromatic rings. The molecule has 2 aliphatic rings. The van der Waals surface area contributed by atoms with Gasteiger partial charge in [-0.3, -0.25) is 4.90 Å². The number of halogens is 1. The number of hydrogen-bond donors (Lipinski definition) is 1. The summed E-state index contributed by atoms with van der Waals surface area (Å²) in [6.07, 6.45) is -22.8. The normalized spacial score (nSPS) is 55.8. The summed E-state index contributed by atoms with van der Waals surface area (Å²) in [6.45, 7) is -19.8. The number of nitrogens with one attached hydrogen (secondary N) is 1. The molecule has 1 heterocycles. The van der Waals surface area contributed by atoms with Gasteiger partial charge in [0.25, 0.3) is 0 Å². The molecule has 3 rings (SSSR count). The Morgan fingerprint density at radius 3 is 2.61 bits per heavy atom. The van der Waals surface area contributed by atoms with Crippen molar-refractivity contribution in [2.45, 2.75) is 44.8 Å². The molecule has 0 spiro atoms. The third kappa shape index (κ3) is 5.54. The third-order valence-electron chi connectivity index (χ3n) is 3.52. The van der Waals surface area contributed by atoms with Crippen LogP contribution in [0.5, 0.6) is 0 Å². The fourth-order valence-electron chi connectivity index (χ4n) is 2.00. The predicted octanol–water partition coefficient (Wildman–Crippen LogP) is 3.99. The minimum absolute atomic E-state index is 0.0771. The highest BCUT2D eigenvalue weighted by molar-refractivity contribution is 6.34. The van der Waals surface area contributed by atoms with Gasteiger partial charge in [0, 0.05) is 69.4 Å². The number of carbonyl (C=O) groups is 1. The van der Waals surface area contributed by atoms with E-state index in [1.54, 1.807) is 0 Å². The van der Waals surface area contributed by atoms with Gasteiger partial charge in [0.15, 0.2) is 0 Å². The minimum Gasteiger partial charge on any atom is -0.368 e. The van der Waals surface area contributed by atoms with E-state index in [2.05, 4.69) is 0 Å². The van der Waals surface area contributed by atoms with Gasteiger partial charge in [-0.1, -0.05) is 23.7 Å². The van der Waals surface area contributed by atoms with Crippen molar-refractivity contribution in [3.05, 3.63) is 28.8 Å². The Kier molecular flexibility index (Phi) is 2.38. The molecular formula is C22H35ClN4O. The van der Waals surface area contributed by atoms with Gasteiger partial charge in [0.05, 0.1) is 17.6 Å². The highest BCUT2D eigenvalue weighted by atomic mass is 35.5. The van der Waals surface area contributed by atoms with Crippen molar-refractivity contribution in [2.24, 2.45) is 5.89 Å². The smallest absolute Gasteiger partial charge is 0.317 e. The van der Waals surface area contributed by atoms with Crippen LogP contribution in [0.2, 0.25) is 5.02 Å². The van der Waals surface area contributed by atoms with Crippen LogP contribution in [-0.2, 0) is 0 Å². The number of amides is 2. The number of aryl methyl sites for hydroxylation is 1. The van der Waals surface area contributed by atoms with Gasteiger partial charge in [-0.2, -0.15) is 0 Å². The van der Waals surface area contributed by atoms with E-state index in [4.69, 9.17) is 41.8 Å². The lowest BCUT2D eigenvalue weighted by atomic mass is 9.84. The fraction of sp³-hybridized carbons (Fsp3) is 0.682. The summed E-state index contributed by atoms with van der Waals surface area (Å²) in [5.74, 6) is -4.82. The third-order valence-corrected chi connectivity index (χ3v) is 4.01. The van der Waals surface area contributed by atoms with E-state index in [0.29, 0.717) is 4.90 Å². The van der Waals surface area contributed by atoms with Crippen LogP contribution in [0.15, 0.2) is 18.2 Å². The van der Waals surface area contributed by atoms with Crippen molar-refractivity contribution < 1.29 is 35.0 Å². The molecule has 0 radical (unpaired) electrons. The number of hydrogen-bond acceptors (Lipinski definition) is 3. The van der Waals surface area contributed by atoms with Crippen molar-refractivity contribution in [2.75, 3.05) is 51.5 Å². The molecular weight excluding hydrogens is 372 g/mol. The molecule has 1 aromatic carbocycles. The summed E-state index contributed by atoms with van der Waals surface area (Å²) < 4.78 is 191. The molecule has 1 N–H and O–H groups in total. The maximum Gasteiger partial charge on any atom is 0.317 e. The van der Waals surface area contributed by atoms with Crippen LogP contribution in [0.1, 0.15) is 67.6 Å². The van der Waals surface area contributed by atoms with Crippen molar-refractivity contribution >= 4 is 23.3 Å². The van der Waals surface area contributed by atoms with Crippen LogP contribution in [0, 0.1) is 12.8 Å². The lowest BCUT2D eigenvalue weighted by molar-refractivity contribution is 0.194. The molecule has 1 aliphatic heterocycles. The van der Waals surface area contributed by atoms with Crippen molar-refractivity contribution in [3.63, 3.8) is 0 Å². The summed E-state index contributed by atoms with van der Waals surface area (Å²) in [4.78, 5) is 12.1. The van der Waals surface area contributed by atoms with Gasteiger partial charge in [-0.25, -0.2) is 4.79 Å². The predicted molar refractivity (Wildman–Crippen MR) is 117 cm³/mol. The molecule has 28 heavy (non-hydrogen) atoms. The van der Waals surface area contributed by atoms with Gasteiger partial charge < -0.3 is 15.1 Å². The summed E-state index contributed by atoms with van der Waals surface area (Å²) in [7, 11) is 2.09. The van der Waals surface area contributed by atoms with Crippen LogP contribution in [-0.4, -0.2) is 68.4 Å². The first kappa shape index (κ1) is 6.78. The Hall–Kier alpha value is -1.46. The van der Waals surface area contributed by atoms with Gasteiger partial charge in [0.1, 0.15) is 0 Å². The molecule has 0 aromatic heterocycles. The molecule has 1 saturated heterocycles. The van der Waals surface area contributed by atoms with Gasteiger partial charge >= 0.3 is 6.03 Å². The highest BCUT2D eigenvalue weighted by Gasteiger charge is 2.24. The highest BCUT2D eigenvalue weighted by Crippen LogP contribution is 2.30. The molecule has 5 nitrogen and oxygen atoms in total. The summed E-state index contributed by atoms with van der Waals surface area (Å²) in [5, 5.41) is 1.15. The summed E-state index contributed by atoms with van der Waals surface area (Å²) in [6, 6.07) is -1.84. The standard InChI is InChI=1S/C22H35ClN4O/c1-17-5-4-6-20(21(17)23)27-15-13-26(14-16-27)12-11-18-7-9-19(10-8-18)24-22(28)25(2)3/h4-6,18-19H,7-16H2,1-3H3,(H,24,28)/t18-,19-/i7D2,8D2,9D2,10D2,11D2,12D2,13D2,14D2,15D2,16D2,18D,19D. The quantitative estimate of drug-likeness (QED) is 0.770. The number of nitrogens with zero attached hydrogens (tertiary/aromatic N) is 3. The molecule has 0 unspecified atom stereocenters. The molecule has 6 heteroatoms. The van der Waals surface area contributed by atoms with Crippen molar-refractivity contribution in [1.29, 1.82) is 0 Å². The maximum atomic E-state index is 12.5.